The van der Waals surface area contributed by atoms with Crippen molar-refractivity contribution in [3.05, 3.63) is 22.4 Å². The lowest BCUT2D eigenvalue weighted by atomic mass is 10.2. The molecule has 18 heavy (non-hydrogen) atoms. The maximum Gasteiger partial charge on any atom is 0.410 e. The number of hydrogen-bond donors (Lipinski definition) is 0. The Morgan fingerprint density at radius 3 is 2.56 bits per heavy atom. The van der Waals surface area contributed by atoms with E-state index in [1.54, 1.807) is 39.2 Å². The summed E-state index contributed by atoms with van der Waals surface area (Å²) in [4.78, 5) is 25.7. The number of likely N-dealkylation sites (N-methyl/N-ethyl adjacent to an activating group) is 1. The number of ketones is 1. The Balaban J connectivity index is 2.42. The minimum Gasteiger partial charge on any atom is -0.444 e. The van der Waals surface area contributed by atoms with Crippen molar-refractivity contribution >= 4 is 23.2 Å². The lowest BCUT2D eigenvalue weighted by molar-refractivity contribution is -0.119. The zero-order chi connectivity index (χ0) is 13.8. The van der Waals surface area contributed by atoms with Crippen molar-refractivity contribution in [2.75, 3.05) is 13.6 Å². The number of amides is 1. The van der Waals surface area contributed by atoms with Crippen molar-refractivity contribution < 1.29 is 14.3 Å². The third kappa shape index (κ3) is 5.31. The zero-order valence-electron chi connectivity index (χ0n) is 11.2. The van der Waals surface area contributed by atoms with Gasteiger partial charge >= 0.3 is 6.09 Å². The second-order valence-electron chi connectivity index (χ2n) is 5.13. The average molecular weight is 269 g/mol. The molecule has 0 aliphatic carbocycles. The van der Waals surface area contributed by atoms with Gasteiger partial charge in [0, 0.05) is 18.3 Å². The number of rotatable bonds is 4. The third-order valence-corrected chi connectivity index (χ3v) is 2.95. The molecule has 0 fully saturated rings. The van der Waals surface area contributed by atoms with Crippen molar-refractivity contribution in [3.63, 3.8) is 0 Å². The normalized spacial score (nSPS) is 11.1. The second-order valence-corrected chi connectivity index (χ2v) is 6.16. The summed E-state index contributed by atoms with van der Waals surface area (Å²) in [6.45, 7) is 5.47. The first kappa shape index (κ1) is 14.7. The maximum absolute atomic E-state index is 11.7. The number of Topliss-reactive ketones (excluding diaryl/α,β-unsaturated/α-hetero) is 1. The number of carbonyl (C=O) groups is 2. The fraction of sp³-hybridized carbons (Fsp3) is 0.538. The van der Waals surface area contributed by atoms with E-state index in [2.05, 4.69) is 0 Å². The van der Waals surface area contributed by atoms with Crippen molar-refractivity contribution in [3.8, 4) is 0 Å². The van der Waals surface area contributed by atoms with E-state index in [1.165, 1.54) is 4.90 Å². The van der Waals surface area contributed by atoms with Crippen LogP contribution in [0.15, 0.2) is 17.5 Å². The van der Waals surface area contributed by atoms with Gasteiger partial charge in [-0.1, -0.05) is 6.07 Å². The van der Waals surface area contributed by atoms with Crippen molar-refractivity contribution in [2.45, 2.75) is 32.8 Å². The monoisotopic (exact) mass is 269 g/mol. The quantitative estimate of drug-likeness (QED) is 0.844. The highest BCUT2D eigenvalue weighted by atomic mass is 32.1. The average Bonchev–Trinajstić information content (AvgIpc) is 2.67. The predicted octanol–water partition coefficient (Wildman–Crippen LogP) is 2.73. The van der Waals surface area contributed by atoms with Gasteiger partial charge < -0.3 is 9.64 Å². The molecule has 0 N–H and O–H groups in total. The van der Waals surface area contributed by atoms with Crippen LogP contribution in [0.2, 0.25) is 0 Å². The van der Waals surface area contributed by atoms with Crippen molar-refractivity contribution in [1.29, 1.82) is 0 Å². The van der Waals surface area contributed by atoms with Crippen LogP contribution in [0, 0.1) is 0 Å². The summed E-state index contributed by atoms with van der Waals surface area (Å²) < 4.78 is 5.17. The molecule has 0 spiro atoms. The van der Waals surface area contributed by atoms with Crippen molar-refractivity contribution in [2.24, 2.45) is 0 Å². The molecular weight excluding hydrogens is 250 g/mol. The van der Waals surface area contributed by atoms with Gasteiger partial charge in [0.15, 0.2) is 5.78 Å². The van der Waals surface area contributed by atoms with E-state index in [4.69, 9.17) is 4.74 Å². The molecule has 0 atom stereocenters. The molecule has 4 nitrogen and oxygen atoms in total. The number of nitrogens with zero attached hydrogens (tertiary/aromatic N) is 1. The first-order chi connectivity index (χ1) is 8.28. The number of ether oxygens (including phenoxy) is 1. The van der Waals surface area contributed by atoms with Gasteiger partial charge in [-0.15, -0.1) is 11.3 Å². The lowest BCUT2D eigenvalue weighted by Gasteiger charge is -2.24. The molecule has 1 heterocycles. The first-order valence-corrected chi connectivity index (χ1v) is 6.64. The molecule has 1 aromatic rings. The van der Waals surface area contributed by atoms with E-state index < -0.39 is 11.7 Å². The molecule has 5 heteroatoms. The van der Waals surface area contributed by atoms with Gasteiger partial charge in [-0.3, -0.25) is 4.79 Å². The predicted molar refractivity (Wildman–Crippen MR) is 71.9 cm³/mol. The summed E-state index contributed by atoms with van der Waals surface area (Å²) in [5.41, 5.74) is -0.540. The van der Waals surface area contributed by atoms with E-state index in [-0.39, 0.29) is 12.3 Å². The number of thiophene rings is 1. The molecule has 0 aliphatic rings. The van der Waals surface area contributed by atoms with Crippen LogP contribution < -0.4 is 0 Å². The third-order valence-electron chi connectivity index (χ3n) is 2.07. The van der Waals surface area contributed by atoms with Crippen LogP contribution in [0.4, 0.5) is 4.79 Å². The Labute approximate surface area is 112 Å². The van der Waals surface area contributed by atoms with Gasteiger partial charge in [0.1, 0.15) is 5.60 Å². The fourth-order valence-corrected chi connectivity index (χ4v) is 2.07. The van der Waals surface area contributed by atoms with Crippen molar-refractivity contribution in [1.82, 2.24) is 4.90 Å². The minimum absolute atomic E-state index is 0.00538. The second kappa shape index (κ2) is 6.00. The van der Waals surface area contributed by atoms with Crippen LogP contribution in [-0.4, -0.2) is 36.0 Å². The summed E-state index contributed by atoms with van der Waals surface area (Å²) in [6, 6.07) is 3.82. The maximum atomic E-state index is 11.7. The van der Waals surface area contributed by atoms with Crippen LogP contribution in [0.1, 0.15) is 25.6 Å². The van der Waals surface area contributed by atoms with Crippen LogP contribution in [0.25, 0.3) is 0 Å². The van der Waals surface area contributed by atoms with E-state index in [0.29, 0.717) is 6.42 Å². The first-order valence-electron chi connectivity index (χ1n) is 5.76. The zero-order valence-corrected chi connectivity index (χ0v) is 12.0. The van der Waals surface area contributed by atoms with Crippen LogP contribution in [-0.2, 0) is 16.0 Å². The van der Waals surface area contributed by atoms with Crippen LogP contribution in [0.3, 0.4) is 0 Å². The van der Waals surface area contributed by atoms with E-state index in [1.807, 2.05) is 17.5 Å². The van der Waals surface area contributed by atoms with Crippen LogP contribution >= 0.6 is 11.3 Å². The highest BCUT2D eigenvalue weighted by molar-refractivity contribution is 7.10. The topological polar surface area (TPSA) is 46.6 Å². The minimum atomic E-state index is -0.540. The molecule has 100 valence electrons. The van der Waals surface area contributed by atoms with Crippen LogP contribution in [0.5, 0.6) is 0 Å². The van der Waals surface area contributed by atoms with Gasteiger partial charge in [0.05, 0.1) is 6.54 Å². The van der Waals surface area contributed by atoms with E-state index in [0.717, 1.165) is 4.88 Å². The molecule has 0 radical (unpaired) electrons. The fourth-order valence-electron chi connectivity index (χ4n) is 1.33. The smallest absolute Gasteiger partial charge is 0.410 e. The molecule has 1 rings (SSSR count). The molecule has 1 amide bonds. The Kier molecular flexibility index (Phi) is 4.90. The van der Waals surface area contributed by atoms with E-state index in [9.17, 15) is 9.59 Å². The molecule has 0 saturated heterocycles. The molecular formula is C13H19NO3S. The standard InChI is InChI=1S/C13H19NO3S/c1-13(2,3)17-12(16)14(4)9-10(15)8-11-6-5-7-18-11/h5-7H,8-9H2,1-4H3. The lowest BCUT2D eigenvalue weighted by Crippen LogP contribution is -2.37. The Morgan fingerprint density at radius 1 is 1.39 bits per heavy atom. The van der Waals surface area contributed by atoms with Gasteiger partial charge in [-0.05, 0) is 32.2 Å². The molecule has 0 aromatic carbocycles. The summed E-state index contributed by atoms with van der Waals surface area (Å²) in [5, 5.41) is 1.93. The molecule has 0 bridgehead atoms. The van der Waals surface area contributed by atoms with Gasteiger partial charge in [-0.25, -0.2) is 4.79 Å². The highest BCUT2D eigenvalue weighted by Gasteiger charge is 2.21. The molecule has 0 saturated carbocycles. The summed E-state index contributed by atoms with van der Waals surface area (Å²) in [7, 11) is 1.57. The van der Waals surface area contributed by atoms with Gasteiger partial charge in [-0.2, -0.15) is 0 Å². The van der Waals surface area contributed by atoms with Gasteiger partial charge in [0.2, 0.25) is 0 Å². The SMILES string of the molecule is CN(CC(=O)Cc1cccs1)C(=O)OC(C)(C)C. The Bertz CT molecular complexity index is 406. The highest BCUT2D eigenvalue weighted by Crippen LogP contribution is 2.11. The molecule has 0 aliphatic heterocycles. The summed E-state index contributed by atoms with van der Waals surface area (Å²) in [5.74, 6) is 0.00538. The van der Waals surface area contributed by atoms with Gasteiger partial charge in [0.25, 0.3) is 0 Å². The molecule has 1 aromatic heterocycles. The summed E-state index contributed by atoms with van der Waals surface area (Å²) >= 11 is 1.54. The number of carbonyl (C=O) groups excluding carboxylic acids is 2. The molecule has 0 unspecified atom stereocenters. The Hall–Kier alpha value is -1.36. The number of hydrogen-bond acceptors (Lipinski definition) is 4. The largest absolute Gasteiger partial charge is 0.444 e. The van der Waals surface area contributed by atoms with E-state index >= 15 is 0 Å². The summed E-state index contributed by atoms with van der Waals surface area (Å²) in [6.07, 6.45) is -0.104. The Morgan fingerprint density at radius 2 is 2.06 bits per heavy atom.